The molecule has 116 valence electrons. The van der Waals surface area contributed by atoms with Crippen LogP contribution in [-0.4, -0.2) is 41.7 Å². The fraction of sp³-hybridized carbons (Fsp3) is 0.615. The summed E-state index contributed by atoms with van der Waals surface area (Å²) in [4.78, 5) is 5.11. The molecule has 1 aliphatic carbocycles. The van der Waals surface area contributed by atoms with Gasteiger partial charge in [0.25, 0.3) is 10.0 Å². The summed E-state index contributed by atoms with van der Waals surface area (Å²) in [5.74, 6) is 0.979. The van der Waals surface area contributed by atoms with Gasteiger partial charge in [-0.05, 0) is 25.7 Å². The van der Waals surface area contributed by atoms with Gasteiger partial charge in [-0.25, -0.2) is 13.4 Å². The summed E-state index contributed by atoms with van der Waals surface area (Å²) in [6.07, 6.45) is 4.03. The summed E-state index contributed by atoms with van der Waals surface area (Å²) in [5, 5.41) is 5.20. The number of anilines is 1. The smallest absolute Gasteiger partial charge is 0.262 e. The lowest BCUT2D eigenvalue weighted by molar-refractivity contribution is 0.410. The zero-order valence-corrected chi connectivity index (χ0v) is 13.9. The van der Waals surface area contributed by atoms with Crippen molar-refractivity contribution >= 4 is 32.1 Å². The number of imidazole rings is 1. The molecule has 0 unspecified atom stereocenters. The van der Waals surface area contributed by atoms with Gasteiger partial charge in [0.15, 0.2) is 15.8 Å². The highest BCUT2D eigenvalue weighted by Gasteiger charge is 2.34. The molecule has 0 aliphatic heterocycles. The van der Waals surface area contributed by atoms with Gasteiger partial charge in [0.2, 0.25) is 0 Å². The standard InChI is InChI=1S/C13H20N4O2S2/c1-3-14-11-12(17-7-8-20-13(17)15-11)21(18,19)16(4-2)9-10-5-6-10/h7-8,10,14H,3-6,9H2,1-2H3. The third-order valence-electron chi connectivity index (χ3n) is 3.66. The number of rotatable bonds is 7. The lowest BCUT2D eigenvalue weighted by Gasteiger charge is -2.20. The van der Waals surface area contributed by atoms with E-state index in [1.54, 1.807) is 14.9 Å². The van der Waals surface area contributed by atoms with Gasteiger partial charge in [0, 0.05) is 31.2 Å². The predicted molar refractivity (Wildman–Crippen MR) is 84.4 cm³/mol. The van der Waals surface area contributed by atoms with Crippen molar-refractivity contribution in [1.29, 1.82) is 0 Å². The molecule has 3 rings (SSSR count). The van der Waals surface area contributed by atoms with Crippen LogP contribution in [0.25, 0.3) is 4.96 Å². The van der Waals surface area contributed by atoms with Crippen LogP contribution in [0.2, 0.25) is 0 Å². The van der Waals surface area contributed by atoms with Crippen LogP contribution < -0.4 is 5.32 Å². The Bertz CT molecular complexity index is 731. The molecule has 2 heterocycles. The molecule has 2 aromatic rings. The van der Waals surface area contributed by atoms with Crippen LogP contribution in [0.5, 0.6) is 0 Å². The van der Waals surface area contributed by atoms with Crippen LogP contribution in [0.15, 0.2) is 16.6 Å². The summed E-state index contributed by atoms with van der Waals surface area (Å²) in [7, 11) is -3.53. The largest absolute Gasteiger partial charge is 0.368 e. The maximum atomic E-state index is 13.0. The van der Waals surface area contributed by atoms with Gasteiger partial charge in [0.05, 0.1) is 0 Å². The molecular weight excluding hydrogens is 308 g/mol. The Balaban J connectivity index is 2.06. The first-order chi connectivity index (χ1) is 10.1. The van der Waals surface area contributed by atoms with Crippen molar-refractivity contribution in [2.75, 3.05) is 25.0 Å². The lowest BCUT2D eigenvalue weighted by Crippen LogP contribution is -2.34. The average Bonchev–Trinajstić information content (AvgIpc) is 3.04. The SMILES string of the molecule is CCNc1nc2sccn2c1S(=O)(=O)N(CC)CC1CC1. The lowest BCUT2D eigenvalue weighted by atomic mass is 10.4. The van der Waals surface area contributed by atoms with E-state index in [-0.39, 0.29) is 5.03 Å². The number of aromatic nitrogens is 2. The van der Waals surface area contributed by atoms with E-state index in [1.165, 1.54) is 11.3 Å². The molecular formula is C13H20N4O2S2. The molecule has 1 fully saturated rings. The van der Waals surface area contributed by atoms with E-state index in [1.807, 2.05) is 19.2 Å². The first-order valence-electron chi connectivity index (χ1n) is 7.27. The number of hydrogen-bond donors (Lipinski definition) is 1. The molecule has 6 nitrogen and oxygen atoms in total. The van der Waals surface area contributed by atoms with Crippen molar-refractivity contribution in [2.24, 2.45) is 5.92 Å². The Labute approximate surface area is 128 Å². The Morgan fingerprint density at radius 3 is 2.86 bits per heavy atom. The third-order valence-corrected chi connectivity index (χ3v) is 6.38. The molecule has 0 amide bonds. The second-order valence-electron chi connectivity index (χ2n) is 5.25. The molecule has 0 aromatic carbocycles. The second-order valence-corrected chi connectivity index (χ2v) is 7.98. The number of sulfonamides is 1. The van der Waals surface area contributed by atoms with E-state index >= 15 is 0 Å². The Morgan fingerprint density at radius 1 is 1.48 bits per heavy atom. The minimum Gasteiger partial charge on any atom is -0.368 e. The molecule has 2 aromatic heterocycles. The summed E-state index contributed by atoms with van der Waals surface area (Å²) >= 11 is 1.44. The van der Waals surface area contributed by atoms with Crippen LogP contribution in [-0.2, 0) is 10.0 Å². The zero-order chi connectivity index (χ0) is 15.0. The molecule has 0 spiro atoms. The molecule has 0 atom stereocenters. The predicted octanol–water partition coefficient (Wildman–Crippen LogP) is 2.25. The maximum Gasteiger partial charge on any atom is 0.262 e. The van der Waals surface area contributed by atoms with Crippen LogP contribution in [0.1, 0.15) is 26.7 Å². The molecule has 0 saturated heterocycles. The first kappa shape index (κ1) is 14.8. The van der Waals surface area contributed by atoms with Gasteiger partial charge >= 0.3 is 0 Å². The van der Waals surface area contributed by atoms with Crippen molar-refractivity contribution in [3.05, 3.63) is 11.6 Å². The molecule has 0 bridgehead atoms. The average molecular weight is 328 g/mol. The fourth-order valence-electron chi connectivity index (χ4n) is 2.40. The fourth-order valence-corrected chi connectivity index (χ4v) is 4.92. The third kappa shape index (κ3) is 2.67. The van der Waals surface area contributed by atoms with Gasteiger partial charge in [-0.2, -0.15) is 4.31 Å². The second kappa shape index (κ2) is 5.58. The van der Waals surface area contributed by atoms with E-state index in [9.17, 15) is 8.42 Å². The van der Waals surface area contributed by atoms with Gasteiger partial charge in [-0.15, -0.1) is 11.3 Å². The summed E-state index contributed by atoms with van der Waals surface area (Å²) < 4.78 is 29.3. The van der Waals surface area contributed by atoms with Gasteiger partial charge in [-0.3, -0.25) is 4.40 Å². The van der Waals surface area contributed by atoms with Crippen LogP contribution in [0, 0.1) is 5.92 Å². The molecule has 21 heavy (non-hydrogen) atoms. The minimum atomic E-state index is -3.53. The highest BCUT2D eigenvalue weighted by Crippen LogP contribution is 2.33. The minimum absolute atomic E-state index is 0.267. The molecule has 1 saturated carbocycles. The Morgan fingerprint density at radius 2 is 2.24 bits per heavy atom. The normalized spacial score (nSPS) is 16.0. The summed E-state index contributed by atoms with van der Waals surface area (Å²) in [6.45, 7) is 5.57. The number of hydrogen-bond acceptors (Lipinski definition) is 5. The number of thiazole rings is 1. The Hall–Kier alpha value is -1.12. The molecule has 1 N–H and O–H groups in total. The van der Waals surface area contributed by atoms with Crippen LogP contribution in [0.4, 0.5) is 5.82 Å². The molecule has 1 aliphatic rings. The van der Waals surface area contributed by atoms with E-state index in [0.29, 0.717) is 36.3 Å². The topological polar surface area (TPSA) is 66.7 Å². The number of nitrogens with one attached hydrogen (secondary N) is 1. The van der Waals surface area contributed by atoms with Gasteiger partial charge in [0.1, 0.15) is 0 Å². The number of nitrogens with zero attached hydrogens (tertiary/aromatic N) is 3. The maximum absolute atomic E-state index is 13.0. The van der Waals surface area contributed by atoms with Gasteiger partial charge in [-0.1, -0.05) is 6.92 Å². The highest BCUT2D eigenvalue weighted by molar-refractivity contribution is 7.89. The monoisotopic (exact) mass is 328 g/mol. The van der Waals surface area contributed by atoms with Crippen LogP contribution >= 0.6 is 11.3 Å². The quantitative estimate of drug-likeness (QED) is 0.846. The van der Waals surface area contributed by atoms with E-state index in [2.05, 4.69) is 10.3 Å². The molecule has 0 radical (unpaired) electrons. The van der Waals surface area contributed by atoms with Crippen molar-refractivity contribution in [3.63, 3.8) is 0 Å². The van der Waals surface area contributed by atoms with Crippen molar-refractivity contribution in [1.82, 2.24) is 13.7 Å². The van der Waals surface area contributed by atoms with Crippen molar-refractivity contribution in [3.8, 4) is 0 Å². The van der Waals surface area contributed by atoms with Crippen LogP contribution in [0.3, 0.4) is 0 Å². The zero-order valence-electron chi connectivity index (χ0n) is 12.2. The van der Waals surface area contributed by atoms with Crippen molar-refractivity contribution in [2.45, 2.75) is 31.7 Å². The number of fused-ring (bicyclic) bond motifs is 1. The summed E-state index contributed by atoms with van der Waals surface area (Å²) in [5.41, 5.74) is 0. The first-order valence-corrected chi connectivity index (χ1v) is 9.59. The van der Waals surface area contributed by atoms with E-state index in [0.717, 1.165) is 12.8 Å². The highest BCUT2D eigenvalue weighted by atomic mass is 32.2. The van der Waals surface area contributed by atoms with Gasteiger partial charge < -0.3 is 5.32 Å². The summed E-state index contributed by atoms with van der Waals surface area (Å²) in [6, 6.07) is 0. The van der Waals surface area contributed by atoms with Crippen molar-refractivity contribution < 1.29 is 8.42 Å². The molecule has 8 heteroatoms. The van der Waals surface area contributed by atoms with E-state index < -0.39 is 10.0 Å². The Kier molecular flexibility index (Phi) is 3.94. The van der Waals surface area contributed by atoms with E-state index in [4.69, 9.17) is 0 Å².